The van der Waals surface area contributed by atoms with Gasteiger partial charge in [0.1, 0.15) is 5.60 Å². The zero-order valence-electron chi connectivity index (χ0n) is 15.4. The Balaban J connectivity index is 1.86. The molecule has 0 saturated carbocycles. The number of rotatable bonds is 5. The van der Waals surface area contributed by atoms with Crippen molar-refractivity contribution in [2.75, 3.05) is 37.6 Å². The van der Waals surface area contributed by atoms with Crippen molar-refractivity contribution < 1.29 is 9.53 Å². The number of amides is 1. The fraction of sp³-hybridized carbons (Fsp3) is 0.579. The Labute approximate surface area is 150 Å². The van der Waals surface area contributed by atoms with Gasteiger partial charge in [0.05, 0.1) is 6.07 Å². The van der Waals surface area contributed by atoms with E-state index in [1.54, 1.807) is 4.90 Å². The molecule has 1 fully saturated rings. The molecule has 6 nitrogen and oxygen atoms in total. The topological polar surface area (TPSA) is 68.6 Å². The average molecular weight is 344 g/mol. The van der Waals surface area contributed by atoms with Crippen LogP contribution in [0.25, 0.3) is 0 Å². The first-order valence-corrected chi connectivity index (χ1v) is 8.78. The van der Waals surface area contributed by atoms with Crippen molar-refractivity contribution in [2.24, 2.45) is 0 Å². The fourth-order valence-electron chi connectivity index (χ4n) is 2.71. The Morgan fingerprint density at radius 2 is 2.00 bits per heavy atom. The van der Waals surface area contributed by atoms with Crippen LogP contribution < -0.4 is 10.2 Å². The second-order valence-electron chi connectivity index (χ2n) is 7.21. The molecule has 0 aliphatic carbocycles. The standard InChI is InChI=1S/C19H28N4O2/c1-19(2,3)25-18(24)23-12-10-22(11-13-23)17-7-4-6-16(14-17)15-21-9-5-8-20/h4,6-7,14,21H,5,9-13,15H2,1-3H3. The number of nitriles is 1. The van der Waals surface area contributed by atoms with Crippen LogP contribution in [0.15, 0.2) is 24.3 Å². The lowest BCUT2D eigenvalue weighted by atomic mass is 10.1. The summed E-state index contributed by atoms with van der Waals surface area (Å²) < 4.78 is 5.44. The summed E-state index contributed by atoms with van der Waals surface area (Å²) in [6, 6.07) is 10.5. The molecule has 1 amide bonds. The van der Waals surface area contributed by atoms with Gasteiger partial charge in [0.25, 0.3) is 0 Å². The molecule has 0 bridgehead atoms. The molecule has 1 aliphatic heterocycles. The molecule has 1 aliphatic rings. The van der Waals surface area contributed by atoms with E-state index in [-0.39, 0.29) is 6.09 Å². The smallest absolute Gasteiger partial charge is 0.410 e. The third-order valence-corrected chi connectivity index (χ3v) is 3.95. The van der Waals surface area contributed by atoms with Crippen molar-refractivity contribution in [3.8, 4) is 6.07 Å². The van der Waals surface area contributed by atoms with Crippen LogP contribution in [-0.4, -0.2) is 49.3 Å². The van der Waals surface area contributed by atoms with Gasteiger partial charge in [-0.1, -0.05) is 12.1 Å². The zero-order chi connectivity index (χ0) is 18.3. The molecule has 25 heavy (non-hydrogen) atoms. The summed E-state index contributed by atoms with van der Waals surface area (Å²) >= 11 is 0. The van der Waals surface area contributed by atoms with Crippen molar-refractivity contribution in [3.63, 3.8) is 0 Å². The van der Waals surface area contributed by atoms with Gasteiger partial charge >= 0.3 is 6.09 Å². The molecule has 1 heterocycles. The van der Waals surface area contributed by atoms with Crippen LogP contribution in [0.1, 0.15) is 32.8 Å². The first-order valence-electron chi connectivity index (χ1n) is 8.78. The van der Waals surface area contributed by atoms with Gasteiger partial charge in [0.15, 0.2) is 0 Å². The molecule has 1 aromatic carbocycles. The van der Waals surface area contributed by atoms with Gasteiger partial charge in [-0.2, -0.15) is 5.26 Å². The second kappa shape index (κ2) is 8.72. The molecule has 1 aromatic rings. The van der Waals surface area contributed by atoms with Crippen LogP contribution >= 0.6 is 0 Å². The molecular weight excluding hydrogens is 316 g/mol. The Morgan fingerprint density at radius 3 is 2.64 bits per heavy atom. The van der Waals surface area contributed by atoms with Crippen molar-refractivity contribution in [2.45, 2.75) is 39.3 Å². The molecule has 0 aromatic heterocycles. The summed E-state index contributed by atoms with van der Waals surface area (Å²) in [5, 5.41) is 11.8. The van der Waals surface area contributed by atoms with Gasteiger partial charge in [-0.25, -0.2) is 4.79 Å². The summed E-state index contributed by atoms with van der Waals surface area (Å²) in [5.41, 5.74) is 1.91. The van der Waals surface area contributed by atoms with E-state index in [0.29, 0.717) is 26.1 Å². The largest absolute Gasteiger partial charge is 0.444 e. The van der Waals surface area contributed by atoms with E-state index in [9.17, 15) is 4.79 Å². The van der Waals surface area contributed by atoms with E-state index in [2.05, 4.69) is 40.6 Å². The minimum atomic E-state index is -0.457. The van der Waals surface area contributed by atoms with Gasteiger partial charge in [-0.3, -0.25) is 0 Å². The number of ether oxygens (including phenoxy) is 1. The zero-order valence-corrected chi connectivity index (χ0v) is 15.4. The van der Waals surface area contributed by atoms with Crippen molar-refractivity contribution in [1.29, 1.82) is 5.26 Å². The fourth-order valence-corrected chi connectivity index (χ4v) is 2.71. The Kier molecular flexibility index (Phi) is 6.65. The van der Waals surface area contributed by atoms with E-state index >= 15 is 0 Å². The molecule has 1 saturated heterocycles. The Morgan fingerprint density at radius 1 is 1.28 bits per heavy atom. The molecule has 6 heteroatoms. The summed E-state index contributed by atoms with van der Waals surface area (Å²) in [6.45, 7) is 10.0. The summed E-state index contributed by atoms with van der Waals surface area (Å²) in [6.07, 6.45) is 0.286. The van der Waals surface area contributed by atoms with Gasteiger partial charge in [0, 0.05) is 51.4 Å². The maximum Gasteiger partial charge on any atom is 0.410 e. The summed E-state index contributed by atoms with van der Waals surface area (Å²) in [7, 11) is 0. The lowest BCUT2D eigenvalue weighted by molar-refractivity contribution is 0.0240. The Bertz CT molecular complexity index is 611. The van der Waals surface area contributed by atoms with Gasteiger partial charge < -0.3 is 19.9 Å². The first-order chi connectivity index (χ1) is 11.9. The SMILES string of the molecule is CC(C)(C)OC(=O)N1CCN(c2cccc(CNCCC#N)c2)CC1. The highest BCUT2D eigenvalue weighted by molar-refractivity contribution is 5.68. The van der Waals surface area contributed by atoms with Gasteiger partial charge in [-0.15, -0.1) is 0 Å². The molecular formula is C19H28N4O2. The predicted molar refractivity (Wildman–Crippen MR) is 98.4 cm³/mol. The third kappa shape index (κ3) is 6.28. The quantitative estimate of drug-likeness (QED) is 0.832. The van der Waals surface area contributed by atoms with Crippen molar-refractivity contribution >= 4 is 11.8 Å². The number of hydrogen-bond donors (Lipinski definition) is 1. The number of nitrogens with one attached hydrogen (secondary N) is 1. The molecule has 2 rings (SSSR count). The average Bonchev–Trinajstić information content (AvgIpc) is 2.58. The van der Waals surface area contributed by atoms with E-state index in [1.165, 1.54) is 11.3 Å². The number of nitrogens with zero attached hydrogens (tertiary/aromatic N) is 3. The molecule has 1 N–H and O–H groups in total. The molecule has 0 radical (unpaired) electrons. The highest BCUT2D eigenvalue weighted by atomic mass is 16.6. The number of piperazine rings is 1. The minimum Gasteiger partial charge on any atom is -0.444 e. The van der Waals surface area contributed by atoms with Crippen LogP contribution in [0, 0.1) is 11.3 Å². The predicted octanol–water partition coefficient (Wildman–Crippen LogP) is 2.75. The highest BCUT2D eigenvalue weighted by Gasteiger charge is 2.25. The molecule has 0 spiro atoms. The van der Waals surface area contributed by atoms with Gasteiger partial charge in [-0.05, 0) is 38.5 Å². The van der Waals surface area contributed by atoms with Crippen LogP contribution in [0.5, 0.6) is 0 Å². The van der Waals surface area contributed by atoms with E-state index in [0.717, 1.165) is 19.6 Å². The van der Waals surface area contributed by atoms with E-state index < -0.39 is 5.60 Å². The number of anilines is 1. The van der Waals surface area contributed by atoms with Crippen LogP contribution in [0.4, 0.5) is 10.5 Å². The maximum absolute atomic E-state index is 12.1. The van der Waals surface area contributed by atoms with Crippen molar-refractivity contribution in [1.82, 2.24) is 10.2 Å². The highest BCUT2D eigenvalue weighted by Crippen LogP contribution is 2.19. The monoisotopic (exact) mass is 344 g/mol. The van der Waals surface area contributed by atoms with Crippen molar-refractivity contribution in [3.05, 3.63) is 29.8 Å². The number of benzene rings is 1. The lowest BCUT2D eigenvalue weighted by Gasteiger charge is -2.36. The third-order valence-electron chi connectivity index (χ3n) is 3.95. The number of hydrogen-bond acceptors (Lipinski definition) is 5. The van der Waals surface area contributed by atoms with Crippen LogP contribution in [0.3, 0.4) is 0 Å². The maximum atomic E-state index is 12.1. The van der Waals surface area contributed by atoms with Crippen LogP contribution in [0.2, 0.25) is 0 Å². The van der Waals surface area contributed by atoms with Gasteiger partial charge in [0.2, 0.25) is 0 Å². The summed E-state index contributed by atoms with van der Waals surface area (Å²) in [4.78, 5) is 16.2. The molecule has 136 valence electrons. The number of carbonyl (C=O) groups excluding carboxylic acids is 1. The van der Waals surface area contributed by atoms with Crippen LogP contribution in [-0.2, 0) is 11.3 Å². The Hall–Kier alpha value is -2.26. The minimum absolute atomic E-state index is 0.234. The molecule has 0 atom stereocenters. The summed E-state index contributed by atoms with van der Waals surface area (Å²) in [5.74, 6) is 0. The number of carbonyl (C=O) groups is 1. The normalized spacial score (nSPS) is 15.0. The van der Waals surface area contributed by atoms with E-state index in [1.807, 2.05) is 20.8 Å². The first kappa shape index (κ1) is 19.1. The second-order valence-corrected chi connectivity index (χ2v) is 7.21. The molecule has 0 unspecified atom stereocenters. The van der Waals surface area contributed by atoms with E-state index in [4.69, 9.17) is 10.00 Å². The lowest BCUT2D eigenvalue weighted by Crippen LogP contribution is -2.50.